The first kappa shape index (κ1) is 15.2. The SMILES string of the molecule is O=C1CN(C(=O)c2cc(I)ccc2Br)C(C(=O)O)CN1. The summed E-state index contributed by atoms with van der Waals surface area (Å²) in [5, 5.41) is 11.6. The predicted molar refractivity (Wildman–Crippen MR) is 82.3 cm³/mol. The lowest BCUT2D eigenvalue weighted by atomic mass is 10.1. The van der Waals surface area contributed by atoms with Gasteiger partial charge in [0, 0.05) is 14.6 Å². The van der Waals surface area contributed by atoms with Gasteiger partial charge < -0.3 is 15.3 Å². The Kier molecular flexibility index (Phi) is 4.63. The van der Waals surface area contributed by atoms with Crippen molar-refractivity contribution in [2.45, 2.75) is 6.04 Å². The second-order valence-electron chi connectivity index (χ2n) is 4.22. The van der Waals surface area contributed by atoms with Crippen LogP contribution in [0.3, 0.4) is 0 Å². The van der Waals surface area contributed by atoms with Crippen molar-refractivity contribution in [2.75, 3.05) is 13.1 Å². The average Bonchev–Trinajstić information content (AvgIpc) is 2.40. The Labute approximate surface area is 136 Å². The van der Waals surface area contributed by atoms with Gasteiger partial charge in [0.1, 0.15) is 12.6 Å². The Morgan fingerprint density at radius 3 is 2.80 bits per heavy atom. The number of hydrogen-bond donors (Lipinski definition) is 2. The molecule has 0 aromatic heterocycles. The molecule has 0 radical (unpaired) electrons. The minimum atomic E-state index is -1.14. The van der Waals surface area contributed by atoms with Crippen LogP contribution in [0.5, 0.6) is 0 Å². The lowest BCUT2D eigenvalue weighted by Crippen LogP contribution is -2.59. The summed E-state index contributed by atoms with van der Waals surface area (Å²) in [7, 11) is 0. The Balaban J connectivity index is 2.36. The zero-order chi connectivity index (χ0) is 14.9. The summed E-state index contributed by atoms with van der Waals surface area (Å²) in [6.45, 7) is -0.338. The molecule has 1 aromatic rings. The third kappa shape index (κ3) is 3.11. The number of carboxylic acid groups (broad SMARTS) is 1. The molecule has 2 rings (SSSR count). The summed E-state index contributed by atoms with van der Waals surface area (Å²) in [4.78, 5) is 36.2. The highest BCUT2D eigenvalue weighted by Crippen LogP contribution is 2.22. The number of nitrogens with one attached hydrogen (secondary N) is 1. The summed E-state index contributed by atoms with van der Waals surface area (Å²) < 4.78 is 1.42. The first-order valence-corrected chi connectivity index (χ1v) is 7.53. The zero-order valence-electron chi connectivity index (χ0n) is 10.1. The van der Waals surface area contributed by atoms with Crippen LogP contribution in [-0.2, 0) is 9.59 Å². The molecule has 106 valence electrons. The molecular weight excluding hydrogens is 443 g/mol. The van der Waals surface area contributed by atoms with Crippen molar-refractivity contribution >= 4 is 56.3 Å². The molecule has 2 N–H and O–H groups in total. The molecule has 1 fully saturated rings. The number of rotatable bonds is 2. The topological polar surface area (TPSA) is 86.7 Å². The smallest absolute Gasteiger partial charge is 0.328 e. The van der Waals surface area contributed by atoms with E-state index >= 15 is 0 Å². The molecule has 1 unspecified atom stereocenters. The first-order chi connectivity index (χ1) is 9.40. The van der Waals surface area contributed by atoms with Gasteiger partial charge in [0.05, 0.1) is 5.56 Å². The lowest BCUT2D eigenvalue weighted by molar-refractivity contribution is -0.144. The minimum Gasteiger partial charge on any atom is -0.480 e. The van der Waals surface area contributed by atoms with E-state index in [1.807, 2.05) is 6.07 Å². The van der Waals surface area contributed by atoms with Gasteiger partial charge in [0.15, 0.2) is 0 Å². The van der Waals surface area contributed by atoms with Crippen LogP contribution in [0.25, 0.3) is 0 Å². The fourth-order valence-corrected chi connectivity index (χ4v) is 2.80. The van der Waals surface area contributed by atoms with E-state index in [2.05, 4.69) is 43.8 Å². The van der Waals surface area contributed by atoms with E-state index in [9.17, 15) is 14.4 Å². The third-order valence-corrected chi connectivity index (χ3v) is 4.25. The zero-order valence-corrected chi connectivity index (χ0v) is 13.8. The number of hydrogen-bond acceptors (Lipinski definition) is 3. The van der Waals surface area contributed by atoms with Gasteiger partial charge in [0.2, 0.25) is 5.91 Å². The van der Waals surface area contributed by atoms with E-state index in [1.165, 1.54) is 0 Å². The van der Waals surface area contributed by atoms with Gasteiger partial charge in [0.25, 0.3) is 5.91 Å². The van der Waals surface area contributed by atoms with Crippen LogP contribution in [0.15, 0.2) is 22.7 Å². The Hall–Kier alpha value is -1.16. The molecular formula is C12H10BrIN2O4. The second-order valence-corrected chi connectivity index (χ2v) is 6.32. The summed E-state index contributed by atoms with van der Waals surface area (Å²) in [6, 6.07) is 4.14. The van der Waals surface area contributed by atoms with Gasteiger partial charge in [-0.05, 0) is 56.7 Å². The number of carbonyl (C=O) groups is 3. The fraction of sp³-hybridized carbons (Fsp3) is 0.250. The molecule has 0 spiro atoms. The highest BCUT2D eigenvalue weighted by Gasteiger charge is 2.36. The van der Waals surface area contributed by atoms with Crippen molar-refractivity contribution in [3.63, 3.8) is 0 Å². The quantitative estimate of drug-likeness (QED) is 0.657. The molecule has 0 aliphatic carbocycles. The van der Waals surface area contributed by atoms with Crippen molar-refractivity contribution in [3.8, 4) is 0 Å². The van der Waals surface area contributed by atoms with Gasteiger partial charge in [-0.3, -0.25) is 9.59 Å². The molecule has 20 heavy (non-hydrogen) atoms. The average molecular weight is 453 g/mol. The summed E-state index contributed by atoms with van der Waals surface area (Å²) >= 11 is 5.33. The van der Waals surface area contributed by atoms with E-state index < -0.39 is 17.9 Å². The predicted octanol–water partition coefficient (Wildman–Crippen LogP) is 1.08. The van der Waals surface area contributed by atoms with Gasteiger partial charge in [-0.25, -0.2) is 4.79 Å². The number of piperazine rings is 1. The fourth-order valence-electron chi connectivity index (χ4n) is 1.89. The molecule has 6 nitrogen and oxygen atoms in total. The highest BCUT2D eigenvalue weighted by atomic mass is 127. The standard InChI is InChI=1S/C12H10BrIN2O4/c13-8-2-1-6(14)3-7(8)11(18)16-5-10(17)15-4-9(16)12(19)20/h1-3,9H,4-5H2,(H,15,17)(H,19,20). The van der Waals surface area contributed by atoms with E-state index in [1.54, 1.807) is 12.1 Å². The highest BCUT2D eigenvalue weighted by molar-refractivity contribution is 14.1. The number of carbonyl (C=O) groups excluding carboxylic acids is 2. The van der Waals surface area contributed by atoms with E-state index in [-0.39, 0.29) is 19.0 Å². The largest absolute Gasteiger partial charge is 0.480 e. The Morgan fingerprint density at radius 1 is 1.45 bits per heavy atom. The van der Waals surface area contributed by atoms with Crippen LogP contribution in [0.2, 0.25) is 0 Å². The van der Waals surface area contributed by atoms with Gasteiger partial charge in [-0.15, -0.1) is 0 Å². The molecule has 1 saturated heterocycles. The van der Waals surface area contributed by atoms with Crippen molar-refractivity contribution in [3.05, 3.63) is 31.8 Å². The van der Waals surface area contributed by atoms with Gasteiger partial charge >= 0.3 is 5.97 Å². The number of aliphatic carboxylic acids is 1. The molecule has 1 aromatic carbocycles. The molecule has 0 bridgehead atoms. The molecule has 1 aliphatic rings. The molecule has 2 amide bonds. The first-order valence-electron chi connectivity index (χ1n) is 5.65. The van der Waals surface area contributed by atoms with Gasteiger partial charge in [-0.2, -0.15) is 0 Å². The maximum Gasteiger partial charge on any atom is 0.328 e. The molecule has 1 aliphatic heterocycles. The van der Waals surface area contributed by atoms with E-state index in [0.717, 1.165) is 8.47 Å². The lowest BCUT2D eigenvalue weighted by Gasteiger charge is -2.33. The summed E-state index contributed by atoms with van der Waals surface area (Å²) in [5.74, 6) is -1.98. The molecule has 1 atom stereocenters. The van der Waals surface area contributed by atoms with Crippen LogP contribution in [0, 0.1) is 3.57 Å². The normalized spacial score (nSPS) is 18.6. The summed E-state index contributed by atoms with van der Waals surface area (Å²) in [5.41, 5.74) is 0.345. The number of halogens is 2. The van der Waals surface area contributed by atoms with Crippen LogP contribution < -0.4 is 5.32 Å². The number of benzene rings is 1. The van der Waals surface area contributed by atoms with Crippen molar-refractivity contribution in [1.29, 1.82) is 0 Å². The van der Waals surface area contributed by atoms with Crippen LogP contribution >= 0.6 is 38.5 Å². The number of amides is 2. The maximum atomic E-state index is 12.5. The Bertz CT molecular complexity index is 593. The molecule has 8 heteroatoms. The third-order valence-electron chi connectivity index (χ3n) is 2.89. The second kappa shape index (κ2) is 6.08. The maximum absolute atomic E-state index is 12.5. The van der Waals surface area contributed by atoms with E-state index in [0.29, 0.717) is 10.0 Å². The van der Waals surface area contributed by atoms with Crippen LogP contribution in [0.1, 0.15) is 10.4 Å². The molecule has 1 heterocycles. The Morgan fingerprint density at radius 2 is 2.15 bits per heavy atom. The number of carboxylic acids is 1. The van der Waals surface area contributed by atoms with Crippen LogP contribution in [-0.4, -0.2) is 46.9 Å². The van der Waals surface area contributed by atoms with Crippen molar-refractivity contribution in [1.82, 2.24) is 10.2 Å². The monoisotopic (exact) mass is 452 g/mol. The van der Waals surface area contributed by atoms with Crippen LogP contribution in [0.4, 0.5) is 0 Å². The number of nitrogens with zero attached hydrogens (tertiary/aromatic N) is 1. The summed E-state index contributed by atoms with van der Waals surface area (Å²) in [6.07, 6.45) is 0. The van der Waals surface area contributed by atoms with Crippen molar-refractivity contribution < 1.29 is 19.5 Å². The van der Waals surface area contributed by atoms with Gasteiger partial charge in [-0.1, -0.05) is 0 Å². The molecule has 0 saturated carbocycles. The van der Waals surface area contributed by atoms with E-state index in [4.69, 9.17) is 5.11 Å². The minimum absolute atomic E-state index is 0.0819. The van der Waals surface area contributed by atoms with Crippen molar-refractivity contribution in [2.24, 2.45) is 0 Å².